The van der Waals surface area contributed by atoms with Crippen LogP contribution in [0, 0.1) is 6.92 Å². The molecule has 1 fully saturated rings. The van der Waals surface area contributed by atoms with Crippen LogP contribution in [0.4, 0.5) is 18.9 Å². The Morgan fingerprint density at radius 3 is 2.55 bits per heavy atom. The molecule has 3 aromatic rings. The number of alkyl halides is 3. The normalized spacial score (nSPS) is 14.5. The number of likely N-dealkylation sites (tertiary alicyclic amines) is 1. The number of hydrogen-bond acceptors (Lipinski definition) is 6. The zero-order valence-electron chi connectivity index (χ0n) is 17.4. The molecule has 1 saturated heterocycles. The quantitative estimate of drug-likeness (QED) is 0.590. The van der Waals surface area contributed by atoms with Crippen LogP contribution < -0.4 is 4.72 Å². The van der Waals surface area contributed by atoms with Crippen LogP contribution in [-0.4, -0.2) is 42.5 Å². The molecule has 1 aromatic heterocycles. The van der Waals surface area contributed by atoms with E-state index in [-0.39, 0.29) is 27.9 Å². The second-order valence-electron chi connectivity index (χ2n) is 7.59. The Bertz CT molecular complexity index is 1300. The van der Waals surface area contributed by atoms with Crippen molar-refractivity contribution in [3.8, 4) is 11.4 Å². The van der Waals surface area contributed by atoms with Gasteiger partial charge in [-0.15, -0.1) is 0 Å². The standard InChI is InChI=1S/C21H19F3N4O4S/c1-13-7-8-14(18-25-19(32-26-18)20(29)28-9-2-3-10-28)11-17(13)33(30,31)27-16-6-4-5-15(12-16)21(22,23)24/h4-8,11-12,27H,2-3,9-10H2,1H3. The van der Waals surface area contributed by atoms with Gasteiger partial charge in [0.15, 0.2) is 0 Å². The summed E-state index contributed by atoms with van der Waals surface area (Å²) >= 11 is 0. The monoisotopic (exact) mass is 480 g/mol. The lowest BCUT2D eigenvalue weighted by Crippen LogP contribution is -2.27. The van der Waals surface area contributed by atoms with Crippen molar-refractivity contribution >= 4 is 21.6 Å². The van der Waals surface area contributed by atoms with Gasteiger partial charge < -0.3 is 9.42 Å². The van der Waals surface area contributed by atoms with Crippen LogP contribution in [0.1, 0.15) is 34.7 Å². The molecule has 8 nitrogen and oxygen atoms in total. The molecule has 0 radical (unpaired) electrons. The zero-order chi connectivity index (χ0) is 23.8. The number of rotatable bonds is 5. The Kier molecular flexibility index (Phi) is 5.87. The van der Waals surface area contributed by atoms with E-state index in [0.717, 1.165) is 25.0 Å². The maximum absolute atomic E-state index is 13.0. The molecule has 1 N–H and O–H groups in total. The van der Waals surface area contributed by atoms with Gasteiger partial charge >= 0.3 is 18.0 Å². The highest BCUT2D eigenvalue weighted by Crippen LogP contribution is 2.32. The second kappa shape index (κ2) is 8.50. The topological polar surface area (TPSA) is 105 Å². The average molecular weight is 480 g/mol. The Labute approximate surface area is 187 Å². The molecule has 1 aliphatic rings. The molecule has 4 rings (SSSR count). The van der Waals surface area contributed by atoms with Gasteiger partial charge in [0, 0.05) is 24.3 Å². The molecule has 2 heterocycles. The molecule has 33 heavy (non-hydrogen) atoms. The van der Waals surface area contributed by atoms with E-state index in [2.05, 4.69) is 14.9 Å². The molecule has 0 bridgehead atoms. The van der Waals surface area contributed by atoms with Gasteiger partial charge in [0.05, 0.1) is 10.5 Å². The first-order valence-electron chi connectivity index (χ1n) is 9.99. The number of amides is 1. The van der Waals surface area contributed by atoms with Crippen LogP contribution in [0.15, 0.2) is 51.9 Å². The van der Waals surface area contributed by atoms with Crippen molar-refractivity contribution in [2.75, 3.05) is 17.8 Å². The number of benzene rings is 2. The van der Waals surface area contributed by atoms with Gasteiger partial charge in [0.1, 0.15) is 0 Å². The lowest BCUT2D eigenvalue weighted by molar-refractivity contribution is -0.137. The van der Waals surface area contributed by atoms with Crippen molar-refractivity contribution < 1.29 is 30.9 Å². The molecule has 0 saturated carbocycles. The fraction of sp³-hybridized carbons (Fsp3) is 0.286. The maximum Gasteiger partial charge on any atom is 0.416 e. The van der Waals surface area contributed by atoms with Crippen molar-refractivity contribution in [2.24, 2.45) is 0 Å². The summed E-state index contributed by atoms with van der Waals surface area (Å²) in [6.07, 6.45) is -2.82. The van der Waals surface area contributed by atoms with Crippen molar-refractivity contribution in [2.45, 2.75) is 30.8 Å². The highest BCUT2D eigenvalue weighted by molar-refractivity contribution is 7.92. The Hall–Kier alpha value is -3.41. The number of carbonyl (C=O) groups excluding carboxylic acids is 1. The van der Waals surface area contributed by atoms with Crippen LogP contribution >= 0.6 is 0 Å². The number of anilines is 1. The van der Waals surface area contributed by atoms with Gasteiger partial charge in [-0.25, -0.2) is 8.42 Å². The molecule has 0 unspecified atom stereocenters. The summed E-state index contributed by atoms with van der Waals surface area (Å²) in [5.74, 6) is -0.565. The first-order valence-corrected chi connectivity index (χ1v) is 11.5. The summed E-state index contributed by atoms with van der Waals surface area (Å²) in [6, 6.07) is 8.25. The molecule has 1 aliphatic heterocycles. The van der Waals surface area contributed by atoms with Crippen molar-refractivity contribution in [1.82, 2.24) is 15.0 Å². The van der Waals surface area contributed by atoms with E-state index in [1.54, 1.807) is 17.9 Å². The van der Waals surface area contributed by atoms with Crippen LogP contribution in [0.25, 0.3) is 11.4 Å². The molecule has 12 heteroatoms. The molecule has 0 aliphatic carbocycles. The minimum atomic E-state index is -4.61. The number of sulfonamides is 1. The number of aromatic nitrogens is 2. The van der Waals surface area contributed by atoms with Crippen molar-refractivity contribution in [3.05, 3.63) is 59.5 Å². The number of aryl methyl sites for hydroxylation is 1. The Morgan fingerprint density at radius 1 is 1.12 bits per heavy atom. The summed E-state index contributed by atoms with van der Waals surface area (Å²) in [6.45, 7) is 2.75. The molecule has 0 atom stereocenters. The van der Waals surface area contributed by atoms with Crippen LogP contribution in [0.5, 0.6) is 0 Å². The fourth-order valence-corrected chi connectivity index (χ4v) is 4.80. The number of carbonyl (C=O) groups is 1. The van der Waals surface area contributed by atoms with Gasteiger partial charge in [-0.3, -0.25) is 9.52 Å². The van der Waals surface area contributed by atoms with Gasteiger partial charge in [-0.05, 0) is 49.6 Å². The maximum atomic E-state index is 13.0. The fourth-order valence-electron chi connectivity index (χ4n) is 3.48. The minimum Gasteiger partial charge on any atom is -0.334 e. The van der Waals surface area contributed by atoms with Crippen molar-refractivity contribution in [1.29, 1.82) is 0 Å². The lowest BCUT2D eigenvalue weighted by atomic mass is 10.1. The van der Waals surface area contributed by atoms with E-state index in [1.807, 2.05) is 0 Å². The summed E-state index contributed by atoms with van der Waals surface area (Å²) in [5, 5.41) is 3.78. The van der Waals surface area contributed by atoms with E-state index < -0.39 is 27.7 Å². The van der Waals surface area contributed by atoms with Gasteiger partial charge in [-0.1, -0.05) is 23.4 Å². The predicted molar refractivity (Wildman–Crippen MR) is 112 cm³/mol. The highest BCUT2D eigenvalue weighted by atomic mass is 32.2. The Morgan fingerprint density at radius 2 is 1.85 bits per heavy atom. The van der Waals surface area contributed by atoms with Gasteiger partial charge in [-0.2, -0.15) is 18.2 Å². The number of hydrogen-bond donors (Lipinski definition) is 1. The molecular weight excluding hydrogens is 461 g/mol. The first kappa shape index (κ1) is 22.8. The van der Waals surface area contributed by atoms with E-state index in [4.69, 9.17) is 4.52 Å². The summed E-state index contributed by atoms with van der Waals surface area (Å²) in [5.41, 5.74) is -0.577. The molecule has 174 valence electrons. The van der Waals surface area contributed by atoms with Gasteiger partial charge in [0.25, 0.3) is 10.0 Å². The van der Waals surface area contributed by atoms with E-state index in [1.165, 1.54) is 18.2 Å². The predicted octanol–water partition coefficient (Wildman–Crippen LogP) is 4.10. The van der Waals surface area contributed by atoms with E-state index >= 15 is 0 Å². The van der Waals surface area contributed by atoms with Gasteiger partial charge in [0.2, 0.25) is 5.82 Å². The lowest BCUT2D eigenvalue weighted by Gasteiger charge is -2.13. The largest absolute Gasteiger partial charge is 0.416 e. The van der Waals surface area contributed by atoms with E-state index in [9.17, 15) is 26.4 Å². The molecule has 1 amide bonds. The second-order valence-corrected chi connectivity index (χ2v) is 9.24. The third kappa shape index (κ3) is 4.85. The number of nitrogens with one attached hydrogen (secondary N) is 1. The van der Waals surface area contributed by atoms with Crippen LogP contribution in [0.2, 0.25) is 0 Å². The Balaban J connectivity index is 1.62. The zero-order valence-corrected chi connectivity index (χ0v) is 18.2. The highest BCUT2D eigenvalue weighted by Gasteiger charge is 2.31. The molecular formula is C21H19F3N4O4S. The van der Waals surface area contributed by atoms with E-state index in [0.29, 0.717) is 24.7 Å². The average Bonchev–Trinajstić information content (AvgIpc) is 3.45. The SMILES string of the molecule is Cc1ccc(-c2noc(C(=O)N3CCCC3)n2)cc1S(=O)(=O)Nc1cccc(C(F)(F)F)c1. The molecule has 0 spiro atoms. The number of halogens is 3. The number of nitrogens with zero attached hydrogens (tertiary/aromatic N) is 3. The summed E-state index contributed by atoms with van der Waals surface area (Å²) in [4.78, 5) is 17.9. The third-order valence-corrected chi connectivity index (χ3v) is 6.70. The summed E-state index contributed by atoms with van der Waals surface area (Å²) < 4.78 is 72.0. The van der Waals surface area contributed by atoms with Crippen molar-refractivity contribution in [3.63, 3.8) is 0 Å². The van der Waals surface area contributed by atoms with Crippen LogP contribution in [0.3, 0.4) is 0 Å². The first-order chi connectivity index (χ1) is 15.5. The molecule has 2 aromatic carbocycles. The third-order valence-electron chi connectivity index (χ3n) is 5.18. The van der Waals surface area contributed by atoms with Crippen LogP contribution in [-0.2, 0) is 16.2 Å². The smallest absolute Gasteiger partial charge is 0.334 e. The summed E-state index contributed by atoms with van der Waals surface area (Å²) in [7, 11) is -4.24. The minimum absolute atomic E-state index is 0.0214.